The highest BCUT2D eigenvalue weighted by Gasteiger charge is 2.24. The molecule has 1 aromatic heterocycles. The van der Waals surface area contributed by atoms with Gasteiger partial charge in [-0.15, -0.1) is 0 Å². The molecule has 0 atom stereocenters. The molecule has 2 amide bonds. The maximum Gasteiger partial charge on any atom is 0.253 e. The van der Waals surface area contributed by atoms with Gasteiger partial charge in [-0.25, -0.2) is 23.1 Å². The number of carbonyl (C=O) groups excluding carboxylic acids is 2. The summed E-state index contributed by atoms with van der Waals surface area (Å²) in [6.45, 7) is 3.67. The van der Waals surface area contributed by atoms with Crippen LogP contribution in [0.15, 0.2) is 65.7 Å². The number of amides is 2. The number of hydrogen-bond donors (Lipinski definition) is 2. The van der Waals surface area contributed by atoms with Gasteiger partial charge in [-0.1, -0.05) is 31.4 Å². The zero-order valence-corrected chi connectivity index (χ0v) is 23.4. The van der Waals surface area contributed by atoms with Gasteiger partial charge in [0.1, 0.15) is 0 Å². The number of benzene rings is 2. The fraction of sp³-hybridized carbons (Fsp3) is 0.379. The number of carbonyl (C=O) groups is 2. The van der Waals surface area contributed by atoms with E-state index < -0.39 is 10.0 Å². The Bertz CT molecular complexity index is 1450. The monoisotopic (exact) mass is 562 g/mol. The lowest BCUT2D eigenvalue weighted by Crippen LogP contribution is -2.50. The number of aromatic nitrogens is 2. The van der Waals surface area contributed by atoms with E-state index in [1.165, 1.54) is 0 Å². The quantitative estimate of drug-likeness (QED) is 0.449. The average molecular weight is 563 g/mol. The van der Waals surface area contributed by atoms with Crippen LogP contribution >= 0.6 is 0 Å². The summed E-state index contributed by atoms with van der Waals surface area (Å²) in [6.07, 6.45) is 6.67. The molecule has 2 N–H and O–H groups in total. The second kappa shape index (κ2) is 12.1. The summed E-state index contributed by atoms with van der Waals surface area (Å²) in [5, 5.41) is 3.16. The van der Waals surface area contributed by atoms with Crippen molar-refractivity contribution in [3.63, 3.8) is 0 Å². The first-order valence-electron chi connectivity index (χ1n) is 13.7. The lowest BCUT2D eigenvalue weighted by molar-refractivity contribution is -0.130. The summed E-state index contributed by atoms with van der Waals surface area (Å²) in [5.41, 5.74) is 2.72. The standard InChI is InChI=1S/C29H34N6O4S/c1-21(36)34-17-19-35(20-18-34)28(37)23-7-11-24(12-8-23)31-29-30-16-15-27(32-29)22-9-13-26(14-10-22)40(38,39)33-25-5-3-2-4-6-25/h7-16,25,33H,2-6,17-20H2,1H3,(H,30,31,32). The Balaban J connectivity index is 1.21. The third-order valence-corrected chi connectivity index (χ3v) is 8.98. The van der Waals surface area contributed by atoms with Crippen molar-refractivity contribution in [3.05, 3.63) is 66.4 Å². The molecule has 40 heavy (non-hydrogen) atoms. The zero-order chi connectivity index (χ0) is 28.1. The molecule has 1 aliphatic carbocycles. The maximum absolute atomic E-state index is 12.9. The van der Waals surface area contributed by atoms with Crippen LogP contribution < -0.4 is 10.0 Å². The third-order valence-electron chi connectivity index (χ3n) is 7.44. The molecule has 2 aromatic carbocycles. The molecular formula is C29H34N6O4S. The van der Waals surface area contributed by atoms with Crippen LogP contribution in [0.5, 0.6) is 0 Å². The van der Waals surface area contributed by atoms with Crippen molar-refractivity contribution in [2.24, 2.45) is 0 Å². The van der Waals surface area contributed by atoms with Crippen molar-refractivity contribution in [1.82, 2.24) is 24.5 Å². The fourth-order valence-electron chi connectivity index (χ4n) is 5.12. The Morgan fingerprint density at radius 3 is 2.15 bits per heavy atom. The van der Waals surface area contributed by atoms with Gasteiger partial charge in [-0.2, -0.15) is 0 Å². The number of nitrogens with one attached hydrogen (secondary N) is 2. The van der Waals surface area contributed by atoms with Crippen molar-refractivity contribution >= 4 is 33.5 Å². The Morgan fingerprint density at radius 1 is 0.850 bits per heavy atom. The molecule has 10 nitrogen and oxygen atoms in total. The minimum absolute atomic E-state index is 0.00424. The normalized spacial score (nSPS) is 16.5. The van der Waals surface area contributed by atoms with E-state index in [0.29, 0.717) is 43.4 Å². The van der Waals surface area contributed by atoms with E-state index in [4.69, 9.17) is 0 Å². The van der Waals surface area contributed by atoms with Gasteiger partial charge in [0.15, 0.2) is 0 Å². The Hall–Kier alpha value is -3.83. The Morgan fingerprint density at radius 2 is 1.50 bits per heavy atom. The first-order chi connectivity index (χ1) is 19.3. The van der Waals surface area contributed by atoms with E-state index in [2.05, 4.69) is 20.0 Å². The van der Waals surface area contributed by atoms with Crippen LogP contribution in [-0.4, -0.2) is 72.2 Å². The molecule has 2 heterocycles. The molecule has 0 unspecified atom stereocenters. The predicted molar refractivity (Wildman–Crippen MR) is 153 cm³/mol. The molecule has 5 rings (SSSR count). The van der Waals surface area contributed by atoms with Gasteiger partial charge in [-0.05, 0) is 55.3 Å². The van der Waals surface area contributed by atoms with Gasteiger partial charge in [-0.3, -0.25) is 9.59 Å². The molecule has 2 aliphatic rings. The molecule has 2 fully saturated rings. The molecule has 210 valence electrons. The smallest absolute Gasteiger partial charge is 0.253 e. The predicted octanol–water partition coefficient (Wildman–Crippen LogP) is 3.80. The van der Waals surface area contributed by atoms with Gasteiger partial charge < -0.3 is 15.1 Å². The van der Waals surface area contributed by atoms with Gasteiger partial charge >= 0.3 is 0 Å². The molecular weight excluding hydrogens is 528 g/mol. The number of piperazine rings is 1. The van der Waals surface area contributed by atoms with Gasteiger partial charge in [0.2, 0.25) is 21.9 Å². The Kier molecular flexibility index (Phi) is 8.41. The molecule has 0 bridgehead atoms. The molecule has 0 spiro atoms. The molecule has 3 aromatic rings. The summed E-state index contributed by atoms with van der Waals surface area (Å²) in [4.78, 5) is 37.0. The maximum atomic E-state index is 12.9. The molecule has 1 saturated heterocycles. The van der Waals surface area contributed by atoms with Crippen molar-refractivity contribution in [2.45, 2.75) is 50.0 Å². The van der Waals surface area contributed by atoms with E-state index in [0.717, 1.165) is 43.4 Å². The second-order valence-corrected chi connectivity index (χ2v) is 12.0. The van der Waals surface area contributed by atoms with Crippen LogP contribution in [0.4, 0.5) is 11.6 Å². The summed E-state index contributed by atoms with van der Waals surface area (Å²) >= 11 is 0. The molecule has 0 radical (unpaired) electrons. The van der Waals surface area contributed by atoms with E-state index in [9.17, 15) is 18.0 Å². The third kappa shape index (κ3) is 6.65. The topological polar surface area (TPSA) is 125 Å². The summed E-state index contributed by atoms with van der Waals surface area (Å²) in [5.74, 6) is 0.348. The highest BCUT2D eigenvalue weighted by molar-refractivity contribution is 7.89. The van der Waals surface area contributed by atoms with E-state index in [-0.39, 0.29) is 22.8 Å². The minimum Gasteiger partial charge on any atom is -0.339 e. The minimum atomic E-state index is -3.57. The SMILES string of the molecule is CC(=O)N1CCN(C(=O)c2ccc(Nc3nccc(-c4ccc(S(=O)(=O)NC5CCCCC5)cc4)n3)cc2)CC1. The van der Waals surface area contributed by atoms with Crippen molar-refractivity contribution in [1.29, 1.82) is 0 Å². The number of sulfonamides is 1. The summed E-state index contributed by atoms with van der Waals surface area (Å²) in [6, 6.07) is 15.6. The van der Waals surface area contributed by atoms with Crippen molar-refractivity contribution < 1.29 is 18.0 Å². The first-order valence-corrected chi connectivity index (χ1v) is 15.1. The van der Waals surface area contributed by atoms with Gasteiger partial charge in [0.25, 0.3) is 5.91 Å². The molecule has 11 heteroatoms. The van der Waals surface area contributed by atoms with Crippen LogP contribution in [0, 0.1) is 0 Å². The van der Waals surface area contributed by atoms with E-state index in [1.54, 1.807) is 77.5 Å². The van der Waals surface area contributed by atoms with Crippen LogP contribution in [0.25, 0.3) is 11.3 Å². The Labute approximate surface area is 234 Å². The number of anilines is 2. The lowest BCUT2D eigenvalue weighted by atomic mass is 9.96. The molecule has 1 aliphatic heterocycles. The first kappa shape index (κ1) is 27.7. The van der Waals surface area contributed by atoms with Crippen LogP contribution in [0.3, 0.4) is 0 Å². The van der Waals surface area contributed by atoms with Gasteiger partial charge in [0, 0.05) is 62.2 Å². The molecule has 1 saturated carbocycles. The lowest BCUT2D eigenvalue weighted by Gasteiger charge is -2.34. The second-order valence-electron chi connectivity index (χ2n) is 10.2. The van der Waals surface area contributed by atoms with Crippen molar-refractivity contribution in [3.8, 4) is 11.3 Å². The number of rotatable bonds is 7. The van der Waals surface area contributed by atoms with Crippen LogP contribution in [-0.2, 0) is 14.8 Å². The van der Waals surface area contributed by atoms with E-state index in [1.807, 2.05) is 0 Å². The largest absolute Gasteiger partial charge is 0.339 e. The number of hydrogen-bond acceptors (Lipinski definition) is 7. The summed E-state index contributed by atoms with van der Waals surface area (Å²) in [7, 11) is -3.57. The average Bonchev–Trinajstić information content (AvgIpc) is 2.98. The summed E-state index contributed by atoms with van der Waals surface area (Å²) < 4.78 is 28.5. The highest BCUT2D eigenvalue weighted by atomic mass is 32.2. The van der Waals surface area contributed by atoms with Crippen LogP contribution in [0.2, 0.25) is 0 Å². The zero-order valence-electron chi connectivity index (χ0n) is 22.5. The number of nitrogens with zero attached hydrogens (tertiary/aromatic N) is 4. The van der Waals surface area contributed by atoms with Crippen LogP contribution in [0.1, 0.15) is 49.4 Å². The van der Waals surface area contributed by atoms with Crippen molar-refractivity contribution in [2.75, 3.05) is 31.5 Å². The van der Waals surface area contributed by atoms with Gasteiger partial charge in [0.05, 0.1) is 10.6 Å². The highest BCUT2D eigenvalue weighted by Crippen LogP contribution is 2.24. The fourth-order valence-corrected chi connectivity index (χ4v) is 6.43. The van der Waals surface area contributed by atoms with E-state index >= 15 is 0 Å².